The molecule has 0 spiro atoms. The molecule has 17 heavy (non-hydrogen) atoms. The Bertz CT molecular complexity index is 486. The summed E-state index contributed by atoms with van der Waals surface area (Å²) in [6.45, 7) is 6.32. The third-order valence-electron chi connectivity index (χ3n) is 2.90. The van der Waals surface area contributed by atoms with Gasteiger partial charge in [0.2, 0.25) is 5.88 Å². The van der Waals surface area contributed by atoms with Crippen molar-refractivity contribution in [1.82, 2.24) is 4.98 Å². The van der Waals surface area contributed by atoms with Crippen molar-refractivity contribution in [2.75, 3.05) is 6.61 Å². The summed E-state index contributed by atoms with van der Waals surface area (Å²) in [5.74, 6) is 0.481. The highest BCUT2D eigenvalue weighted by Crippen LogP contribution is 2.26. The van der Waals surface area contributed by atoms with Gasteiger partial charge in [0.1, 0.15) is 11.6 Å². The van der Waals surface area contributed by atoms with Crippen LogP contribution in [0.4, 0.5) is 0 Å². The molecule has 88 valence electrons. The second-order valence-corrected chi connectivity index (χ2v) is 4.47. The predicted octanol–water partition coefficient (Wildman–Crippen LogP) is 2.79. The van der Waals surface area contributed by atoms with Crippen LogP contribution < -0.4 is 4.74 Å². The standard InChI is InChI=1S/C14H16N2O/c1-10(2)6-7-17-14-12(9-15)8-11-4-3-5-13(11)16-14/h8H,1,3-7H2,2H3. The van der Waals surface area contributed by atoms with Crippen LogP contribution in [0.5, 0.6) is 5.88 Å². The summed E-state index contributed by atoms with van der Waals surface area (Å²) in [4.78, 5) is 4.45. The predicted molar refractivity (Wildman–Crippen MR) is 65.9 cm³/mol. The second kappa shape index (κ2) is 5.01. The number of aromatic nitrogens is 1. The molecule has 0 unspecified atom stereocenters. The first-order valence-corrected chi connectivity index (χ1v) is 5.91. The van der Waals surface area contributed by atoms with Crippen LogP contribution in [0, 0.1) is 11.3 Å². The Morgan fingerprint density at radius 1 is 1.59 bits per heavy atom. The zero-order valence-corrected chi connectivity index (χ0v) is 10.1. The highest BCUT2D eigenvalue weighted by Gasteiger charge is 2.17. The van der Waals surface area contributed by atoms with Crippen molar-refractivity contribution in [2.24, 2.45) is 0 Å². The average Bonchev–Trinajstić information content (AvgIpc) is 2.74. The van der Waals surface area contributed by atoms with Gasteiger partial charge in [-0.05, 0) is 37.8 Å². The lowest BCUT2D eigenvalue weighted by molar-refractivity contribution is 0.307. The summed E-state index contributed by atoms with van der Waals surface area (Å²) < 4.78 is 5.57. The smallest absolute Gasteiger partial charge is 0.231 e. The Morgan fingerprint density at radius 2 is 2.41 bits per heavy atom. The van der Waals surface area contributed by atoms with Gasteiger partial charge >= 0.3 is 0 Å². The van der Waals surface area contributed by atoms with E-state index in [1.54, 1.807) is 0 Å². The number of aryl methyl sites for hydroxylation is 2. The van der Waals surface area contributed by atoms with Crippen molar-refractivity contribution >= 4 is 0 Å². The number of hydrogen-bond donors (Lipinski definition) is 0. The summed E-state index contributed by atoms with van der Waals surface area (Å²) in [5, 5.41) is 9.07. The molecule has 1 aliphatic carbocycles. The highest BCUT2D eigenvalue weighted by atomic mass is 16.5. The first-order chi connectivity index (χ1) is 8.20. The third-order valence-corrected chi connectivity index (χ3v) is 2.90. The van der Waals surface area contributed by atoms with Crippen LogP contribution in [0.1, 0.15) is 36.6 Å². The van der Waals surface area contributed by atoms with E-state index in [-0.39, 0.29) is 0 Å². The lowest BCUT2D eigenvalue weighted by Crippen LogP contribution is -2.03. The van der Waals surface area contributed by atoms with Gasteiger partial charge in [0.05, 0.1) is 6.61 Å². The van der Waals surface area contributed by atoms with E-state index in [1.807, 2.05) is 13.0 Å². The molecule has 1 aromatic heterocycles. The topological polar surface area (TPSA) is 45.9 Å². The quantitative estimate of drug-likeness (QED) is 0.744. The minimum absolute atomic E-state index is 0.481. The normalized spacial score (nSPS) is 12.9. The van der Waals surface area contributed by atoms with Gasteiger partial charge in [-0.25, -0.2) is 4.98 Å². The molecule has 0 fully saturated rings. The third kappa shape index (κ3) is 2.65. The van der Waals surface area contributed by atoms with Gasteiger partial charge in [-0.3, -0.25) is 0 Å². The van der Waals surface area contributed by atoms with Gasteiger partial charge in [-0.15, -0.1) is 6.58 Å². The number of ether oxygens (including phenoxy) is 1. The van der Waals surface area contributed by atoms with Gasteiger partial charge in [0.25, 0.3) is 0 Å². The molecule has 0 N–H and O–H groups in total. The Hall–Kier alpha value is -1.82. The van der Waals surface area contributed by atoms with Crippen LogP contribution in [-0.2, 0) is 12.8 Å². The Morgan fingerprint density at radius 3 is 3.12 bits per heavy atom. The fraction of sp³-hybridized carbons (Fsp3) is 0.429. The van der Waals surface area contributed by atoms with Gasteiger partial charge in [-0.2, -0.15) is 5.26 Å². The molecule has 1 heterocycles. The van der Waals surface area contributed by atoms with Crippen molar-refractivity contribution in [3.63, 3.8) is 0 Å². The SMILES string of the molecule is C=C(C)CCOc1nc2c(cc1C#N)CCC2. The Labute approximate surface area is 102 Å². The number of fused-ring (bicyclic) bond motifs is 1. The molecule has 1 aromatic rings. The average molecular weight is 228 g/mol. The minimum atomic E-state index is 0.481. The van der Waals surface area contributed by atoms with E-state index in [1.165, 1.54) is 5.56 Å². The van der Waals surface area contributed by atoms with Crippen molar-refractivity contribution in [1.29, 1.82) is 5.26 Å². The number of rotatable bonds is 4. The first-order valence-electron chi connectivity index (χ1n) is 5.91. The van der Waals surface area contributed by atoms with Crippen molar-refractivity contribution in [3.05, 3.63) is 35.0 Å². The van der Waals surface area contributed by atoms with Crippen LogP contribution in [0.25, 0.3) is 0 Å². The van der Waals surface area contributed by atoms with Crippen molar-refractivity contribution in [2.45, 2.75) is 32.6 Å². The largest absolute Gasteiger partial charge is 0.476 e. The van der Waals surface area contributed by atoms with E-state index in [0.717, 1.165) is 37.0 Å². The molecule has 3 nitrogen and oxygen atoms in total. The molecule has 0 saturated carbocycles. The maximum Gasteiger partial charge on any atom is 0.231 e. The first kappa shape index (κ1) is 11.7. The second-order valence-electron chi connectivity index (χ2n) is 4.47. The zero-order valence-electron chi connectivity index (χ0n) is 10.1. The molecule has 2 rings (SSSR count). The number of pyridine rings is 1. The van der Waals surface area contributed by atoms with E-state index in [4.69, 9.17) is 10.00 Å². The van der Waals surface area contributed by atoms with Crippen LogP contribution in [0.15, 0.2) is 18.2 Å². The molecule has 0 saturated heterocycles. The molecular weight excluding hydrogens is 212 g/mol. The molecule has 0 amide bonds. The van der Waals surface area contributed by atoms with Gasteiger partial charge in [-0.1, -0.05) is 5.57 Å². The van der Waals surface area contributed by atoms with E-state index < -0.39 is 0 Å². The maximum absolute atomic E-state index is 9.07. The fourth-order valence-electron chi connectivity index (χ4n) is 1.97. The van der Waals surface area contributed by atoms with E-state index >= 15 is 0 Å². The van der Waals surface area contributed by atoms with E-state index in [2.05, 4.69) is 17.6 Å². The van der Waals surface area contributed by atoms with Gasteiger partial charge < -0.3 is 4.74 Å². The van der Waals surface area contributed by atoms with Crippen molar-refractivity contribution in [3.8, 4) is 11.9 Å². The summed E-state index contributed by atoms with van der Waals surface area (Å²) in [5.41, 5.74) is 3.92. The molecule has 0 aliphatic heterocycles. The molecule has 3 heteroatoms. The van der Waals surface area contributed by atoms with Crippen molar-refractivity contribution < 1.29 is 4.74 Å². The lowest BCUT2D eigenvalue weighted by atomic mass is 10.1. The number of nitrogens with zero attached hydrogens (tertiary/aromatic N) is 2. The molecule has 0 aromatic carbocycles. The number of nitriles is 1. The van der Waals surface area contributed by atoms with Crippen LogP contribution >= 0.6 is 0 Å². The highest BCUT2D eigenvalue weighted by molar-refractivity contribution is 5.44. The fourth-order valence-corrected chi connectivity index (χ4v) is 1.97. The van der Waals surface area contributed by atoms with Gasteiger partial charge in [0, 0.05) is 12.1 Å². The Balaban J connectivity index is 2.16. The monoisotopic (exact) mass is 228 g/mol. The van der Waals surface area contributed by atoms with Crippen LogP contribution in [-0.4, -0.2) is 11.6 Å². The molecule has 0 bridgehead atoms. The molecule has 1 aliphatic rings. The number of hydrogen-bond acceptors (Lipinski definition) is 3. The summed E-state index contributed by atoms with van der Waals surface area (Å²) in [7, 11) is 0. The summed E-state index contributed by atoms with van der Waals surface area (Å²) >= 11 is 0. The van der Waals surface area contributed by atoms with Crippen LogP contribution in [0.3, 0.4) is 0 Å². The molecule has 0 radical (unpaired) electrons. The van der Waals surface area contributed by atoms with E-state index in [0.29, 0.717) is 18.1 Å². The minimum Gasteiger partial charge on any atom is -0.476 e. The zero-order chi connectivity index (χ0) is 12.3. The van der Waals surface area contributed by atoms with Crippen LogP contribution in [0.2, 0.25) is 0 Å². The molecular formula is C14H16N2O. The lowest BCUT2D eigenvalue weighted by Gasteiger charge is -2.08. The summed E-state index contributed by atoms with van der Waals surface area (Å²) in [6.07, 6.45) is 3.95. The summed E-state index contributed by atoms with van der Waals surface area (Å²) in [6, 6.07) is 4.08. The molecule has 0 atom stereocenters. The maximum atomic E-state index is 9.07. The van der Waals surface area contributed by atoms with E-state index in [9.17, 15) is 0 Å². The Kier molecular flexibility index (Phi) is 3.43. The van der Waals surface area contributed by atoms with Gasteiger partial charge in [0.15, 0.2) is 0 Å².